The van der Waals surface area contributed by atoms with Crippen LogP contribution in [0, 0.1) is 19.3 Å². The summed E-state index contributed by atoms with van der Waals surface area (Å²) in [6, 6.07) is 17.5. The molecule has 0 aliphatic rings. The van der Waals surface area contributed by atoms with Gasteiger partial charge in [0, 0.05) is 0 Å². The lowest BCUT2D eigenvalue weighted by molar-refractivity contribution is 0.240. The van der Waals surface area contributed by atoms with Crippen LogP contribution in [-0.4, -0.2) is 12.6 Å². The molecule has 3 heteroatoms. The van der Waals surface area contributed by atoms with Crippen LogP contribution in [0.2, 0.25) is 0 Å². The summed E-state index contributed by atoms with van der Waals surface area (Å²) in [6.07, 6.45) is 5.15. The molecule has 2 N–H and O–H groups in total. The van der Waals surface area contributed by atoms with Crippen LogP contribution in [0.5, 0.6) is 0 Å². The smallest absolute Gasteiger partial charge is 0.316 e. The van der Waals surface area contributed by atoms with Crippen molar-refractivity contribution in [2.24, 2.45) is 0 Å². The minimum Gasteiger partial charge on any atom is -0.327 e. The van der Waals surface area contributed by atoms with Crippen molar-refractivity contribution >= 4 is 6.03 Å². The molecular weight excluding hydrogens is 260 g/mol. The van der Waals surface area contributed by atoms with E-state index in [0.29, 0.717) is 0 Å². The van der Waals surface area contributed by atoms with Gasteiger partial charge in [0.05, 0.1) is 12.6 Å². The Hall–Kier alpha value is -2.73. The second-order valence-electron chi connectivity index (χ2n) is 4.79. The summed E-state index contributed by atoms with van der Waals surface area (Å²) in [6.45, 7) is 2.25. The number of rotatable bonds is 4. The Morgan fingerprint density at radius 1 is 1.10 bits per heavy atom. The lowest BCUT2D eigenvalue weighted by Gasteiger charge is -2.20. The number of carbonyl (C=O) groups is 1. The topological polar surface area (TPSA) is 41.1 Å². The van der Waals surface area contributed by atoms with E-state index < -0.39 is 0 Å². The number of benzene rings is 2. The third kappa shape index (κ3) is 4.12. The first kappa shape index (κ1) is 14.7. The number of hydrogen-bond donors (Lipinski definition) is 2. The Balaban J connectivity index is 2.25. The molecule has 0 saturated heterocycles. The Morgan fingerprint density at radius 3 is 2.33 bits per heavy atom. The molecule has 21 heavy (non-hydrogen) atoms. The summed E-state index contributed by atoms with van der Waals surface area (Å²) in [5.74, 6) is 2.39. The number of amides is 2. The molecule has 2 aromatic rings. The van der Waals surface area contributed by atoms with Crippen molar-refractivity contribution in [1.82, 2.24) is 10.6 Å². The number of nitrogens with one attached hydrogen (secondary N) is 2. The van der Waals surface area contributed by atoms with Gasteiger partial charge in [-0.2, -0.15) is 0 Å². The number of terminal acetylenes is 1. The maximum atomic E-state index is 11.9. The fraction of sp³-hybridized carbons (Fsp3) is 0.167. The summed E-state index contributed by atoms with van der Waals surface area (Å²) in [7, 11) is 0. The van der Waals surface area contributed by atoms with Gasteiger partial charge in [-0.1, -0.05) is 66.1 Å². The van der Waals surface area contributed by atoms with Crippen LogP contribution in [0.25, 0.3) is 0 Å². The fourth-order valence-corrected chi connectivity index (χ4v) is 2.08. The average molecular weight is 278 g/mol. The normalized spacial score (nSPS) is 11.2. The highest BCUT2D eigenvalue weighted by Crippen LogP contribution is 2.22. The molecule has 0 radical (unpaired) electrons. The molecule has 0 fully saturated rings. The largest absolute Gasteiger partial charge is 0.327 e. The van der Waals surface area contributed by atoms with E-state index in [4.69, 9.17) is 6.42 Å². The molecule has 0 spiro atoms. The van der Waals surface area contributed by atoms with Crippen molar-refractivity contribution < 1.29 is 4.79 Å². The molecule has 0 bridgehead atoms. The van der Waals surface area contributed by atoms with E-state index in [2.05, 4.69) is 16.6 Å². The van der Waals surface area contributed by atoms with E-state index >= 15 is 0 Å². The van der Waals surface area contributed by atoms with Gasteiger partial charge in [0.2, 0.25) is 0 Å². The van der Waals surface area contributed by atoms with Gasteiger partial charge in [0.1, 0.15) is 0 Å². The highest BCUT2D eigenvalue weighted by molar-refractivity contribution is 5.75. The average Bonchev–Trinajstić information content (AvgIpc) is 2.52. The second-order valence-corrected chi connectivity index (χ2v) is 4.79. The maximum absolute atomic E-state index is 11.9. The van der Waals surface area contributed by atoms with Crippen molar-refractivity contribution in [1.29, 1.82) is 0 Å². The second kappa shape index (κ2) is 7.16. The van der Waals surface area contributed by atoms with Crippen LogP contribution in [-0.2, 0) is 0 Å². The monoisotopic (exact) mass is 278 g/mol. The van der Waals surface area contributed by atoms with Crippen molar-refractivity contribution in [3.63, 3.8) is 0 Å². The highest BCUT2D eigenvalue weighted by atomic mass is 16.2. The maximum Gasteiger partial charge on any atom is 0.316 e. The number of aryl methyl sites for hydroxylation is 1. The molecule has 2 rings (SSSR count). The number of urea groups is 1. The zero-order valence-electron chi connectivity index (χ0n) is 12.0. The van der Waals surface area contributed by atoms with Crippen molar-refractivity contribution in [2.75, 3.05) is 6.54 Å². The van der Waals surface area contributed by atoms with Gasteiger partial charge < -0.3 is 10.6 Å². The van der Waals surface area contributed by atoms with Gasteiger partial charge in [0.25, 0.3) is 0 Å². The van der Waals surface area contributed by atoms with Crippen molar-refractivity contribution in [3.05, 3.63) is 71.3 Å². The molecule has 0 aromatic heterocycles. The molecule has 106 valence electrons. The molecule has 1 unspecified atom stereocenters. The Labute approximate surface area is 125 Å². The summed E-state index contributed by atoms with van der Waals surface area (Å²) >= 11 is 0. The summed E-state index contributed by atoms with van der Waals surface area (Å²) in [5, 5.41) is 5.59. The van der Waals surface area contributed by atoms with Crippen LogP contribution >= 0.6 is 0 Å². The SMILES string of the molecule is C#CCNC(=O)NC(c1ccccc1)c1ccc(C)cc1. The van der Waals surface area contributed by atoms with E-state index in [9.17, 15) is 4.79 Å². The predicted molar refractivity (Wildman–Crippen MR) is 84.8 cm³/mol. The minimum absolute atomic E-state index is 0.204. The molecule has 1 atom stereocenters. The quantitative estimate of drug-likeness (QED) is 0.829. The van der Waals surface area contributed by atoms with E-state index in [-0.39, 0.29) is 18.6 Å². The van der Waals surface area contributed by atoms with Gasteiger partial charge in [-0.05, 0) is 18.1 Å². The predicted octanol–water partition coefficient (Wildman–Crippen LogP) is 3.02. The molecule has 2 aromatic carbocycles. The summed E-state index contributed by atoms with van der Waals surface area (Å²) in [4.78, 5) is 11.9. The third-order valence-electron chi connectivity index (χ3n) is 3.17. The van der Waals surface area contributed by atoms with Crippen LogP contribution in [0.4, 0.5) is 4.79 Å². The van der Waals surface area contributed by atoms with Crippen LogP contribution in [0.1, 0.15) is 22.7 Å². The minimum atomic E-state index is -0.276. The van der Waals surface area contributed by atoms with Crippen LogP contribution in [0.15, 0.2) is 54.6 Å². The number of hydrogen-bond acceptors (Lipinski definition) is 1. The van der Waals surface area contributed by atoms with Gasteiger partial charge >= 0.3 is 6.03 Å². The van der Waals surface area contributed by atoms with E-state index in [1.807, 2.05) is 61.5 Å². The highest BCUT2D eigenvalue weighted by Gasteiger charge is 2.16. The zero-order valence-corrected chi connectivity index (χ0v) is 12.0. The van der Waals surface area contributed by atoms with Crippen molar-refractivity contribution in [2.45, 2.75) is 13.0 Å². The van der Waals surface area contributed by atoms with E-state index in [1.54, 1.807) is 0 Å². The van der Waals surface area contributed by atoms with Crippen LogP contribution in [0.3, 0.4) is 0 Å². The fourth-order valence-electron chi connectivity index (χ4n) is 2.08. The van der Waals surface area contributed by atoms with E-state index in [1.165, 1.54) is 5.56 Å². The Bertz CT molecular complexity index is 627. The van der Waals surface area contributed by atoms with E-state index in [0.717, 1.165) is 11.1 Å². The Morgan fingerprint density at radius 2 is 1.71 bits per heavy atom. The van der Waals surface area contributed by atoms with Crippen LogP contribution < -0.4 is 10.6 Å². The zero-order chi connectivity index (χ0) is 15.1. The summed E-state index contributed by atoms with van der Waals surface area (Å²) in [5.41, 5.74) is 3.24. The van der Waals surface area contributed by atoms with Gasteiger partial charge in [0.15, 0.2) is 0 Å². The van der Waals surface area contributed by atoms with Gasteiger partial charge in [-0.3, -0.25) is 0 Å². The first-order chi connectivity index (χ1) is 10.2. The number of carbonyl (C=O) groups excluding carboxylic acids is 1. The van der Waals surface area contributed by atoms with Gasteiger partial charge in [-0.25, -0.2) is 4.79 Å². The lowest BCUT2D eigenvalue weighted by Crippen LogP contribution is -2.38. The molecule has 3 nitrogen and oxygen atoms in total. The molecule has 0 heterocycles. The first-order valence-corrected chi connectivity index (χ1v) is 6.80. The molecule has 0 aliphatic carbocycles. The third-order valence-corrected chi connectivity index (χ3v) is 3.17. The first-order valence-electron chi connectivity index (χ1n) is 6.80. The standard InChI is InChI=1S/C18H18N2O/c1-3-13-19-18(21)20-17(15-7-5-4-6-8-15)16-11-9-14(2)10-12-16/h1,4-12,17H,13H2,2H3,(H2,19,20,21). The molecular formula is C18H18N2O. The van der Waals surface area contributed by atoms with Gasteiger partial charge in [-0.15, -0.1) is 6.42 Å². The lowest BCUT2D eigenvalue weighted by atomic mass is 9.98. The molecule has 0 saturated carbocycles. The Kier molecular flexibility index (Phi) is 5.00. The van der Waals surface area contributed by atoms with Crippen molar-refractivity contribution in [3.8, 4) is 12.3 Å². The molecule has 0 aliphatic heterocycles. The molecule has 2 amide bonds. The summed E-state index contributed by atoms with van der Waals surface area (Å²) < 4.78 is 0.